The average Bonchev–Trinajstić information content (AvgIpc) is 1.61. The van der Waals surface area contributed by atoms with E-state index in [-0.39, 0.29) is 14.1 Å². The van der Waals surface area contributed by atoms with Gasteiger partial charge in [-0.05, 0) is 6.42 Å². The van der Waals surface area contributed by atoms with Crippen molar-refractivity contribution in [2.45, 2.75) is 23.3 Å². The van der Waals surface area contributed by atoms with E-state index in [9.17, 15) is 0 Å². The van der Waals surface area contributed by atoms with Gasteiger partial charge in [0.1, 0.15) is 0 Å². The van der Waals surface area contributed by atoms with Crippen LogP contribution in [0.4, 0.5) is 0 Å². The Morgan fingerprint density at radius 2 is 2.14 bits per heavy atom. The van der Waals surface area contributed by atoms with E-state index >= 15 is 0 Å². The van der Waals surface area contributed by atoms with Crippen molar-refractivity contribution < 1.29 is 0 Å². The highest BCUT2D eigenvalue weighted by Gasteiger charge is 1.96. The maximum atomic E-state index is 3.65. The first-order valence-corrected chi connectivity index (χ1v) is 6.01. The van der Waals surface area contributed by atoms with Gasteiger partial charge in [-0.25, -0.2) is 0 Å². The molecule has 0 aromatic heterocycles. The van der Waals surface area contributed by atoms with Gasteiger partial charge in [0.15, 0.2) is 0 Å². The highest BCUT2D eigenvalue weighted by molar-refractivity contribution is 6.55. The molecule has 0 aliphatic heterocycles. The van der Waals surface area contributed by atoms with Crippen molar-refractivity contribution in [2.24, 2.45) is 0 Å². The van der Waals surface area contributed by atoms with E-state index < -0.39 is 0 Å². The Kier molecular flexibility index (Phi) is 4.60. The molecule has 0 aromatic carbocycles. The molecule has 40 valence electrons. The molecular formula is C6H13Al. The maximum Gasteiger partial charge on any atom is 0.255 e. The van der Waals surface area contributed by atoms with Gasteiger partial charge < -0.3 is 0 Å². The molecule has 0 saturated heterocycles. The highest BCUT2D eigenvalue weighted by atomic mass is 27.2. The lowest BCUT2D eigenvalue weighted by Gasteiger charge is -1.90. The summed E-state index contributed by atoms with van der Waals surface area (Å²) in [5.74, 6) is 4.73. The van der Waals surface area contributed by atoms with Crippen LogP contribution in [-0.4, -0.2) is 14.1 Å². The molecule has 0 aliphatic carbocycles. The second-order valence-electron chi connectivity index (χ2n) is 2.26. The van der Waals surface area contributed by atoms with Crippen LogP contribution in [0.25, 0.3) is 0 Å². The Morgan fingerprint density at radius 1 is 1.57 bits per heavy atom. The molecule has 0 N–H and O–H groups in total. The lowest BCUT2D eigenvalue weighted by molar-refractivity contribution is 1.19. The largest absolute Gasteiger partial charge is 0.255 e. The van der Waals surface area contributed by atoms with Crippen LogP contribution in [0.15, 0.2) is 12.7 Å². The van der Waals surface area contributed by atoms with Gasteiger partial charge in [0, 0.05) is 0 Å². The van der Waals surface area contributed by atoms with E-state index in [0.717, 1.165) is 0 Å². The summed E-state index contributed by atoms with van der Waals surface area (Å²) in [5, 5.41) is 1.42. The van der Waals surface area contributed by atoms with Crippen LogP contribution in [0.2, 0.25) is 16.9 Å². The number of allylic oxidation sites excluding steroid dienone is 1. The van der Waals surface area contributed by atoms with E-state index in [1.165, 1.54) is 11.7 Å². The maximum absolute atomic E-state index is 3.65. The van der Waals surface area contributed by atoms with Gasteiger partial charge in [-0.15, -0.1) is 18.2 Å². The van der Waals surface area contributed by atoms with Gasteiger partial charge in [0.05, 0.1) is 0 Å². The molecule has 0 aliphatic rings. The SMILES string of the molecule is C=CC[CH2][Al]([CH3])[CH3]. The van der Waals surface area contributed by atoms with Crippen LogP contribution < -0.4 is 0 Å². The van der Waals surface area contributed by atoms with Gasteiger partial charge in [-0.3, -0.25) is 0 Å². The Labute approximate surface area is 50.6 Å². The van der Waals surface area contributed by atoms with Gasteiger partial charge >= 0.3 is 0 Å². The fraction of sp³-hybridized carbons (Fsp3) is 0.667. The zero-order chi connectivity index (χ0) is 5.70. The third-order valence-electron chi connectivity index (χ3n) is 0.948. The fourth-order valence-corrected chi connectivity index (χ4v) is 1.35. The summed E-state index contributed by atoms with van der Waals surface area (Å²) in [6.45, 7) is 3.65. The minimum atomic E-state index is -0.259. The Hall–Kier alpha value is 0.272. The Balaban J connectivity index is 2.81. The van der Waals surface area contributed by atoms with Crippen LogP contribution in [0.3, 0.4) is 0 Å². The van der Waals surface area contributed by atoms with Crippen molar-refractivity contribution in [3.8, 4) is 0 Å². The second-order valence-corrected chi connectivity index (χ2v) is 5.62. The molecule has 7 heavy (non-hydrogen) atoms. The summed E-state index contributed by atoms with van der Waals surface area (Å²) in [6, 6.07) is 0. The first-order chi connectivity index (χ1) is 3.27. The number of hydrogen-bond donors (Lipinski definition) is 0. The molecule has 0 amide bonds. The zero-order valence-corrected chi connectivity index (χ0v) is 6.43. The van der Waals surface area contributed by atoms with Crippen molar-refractivity contribution in [1.29, 1.82) is 0 Å². The minimum absolute atomic E-state index is 0.259. The zero-order valence-electron chi connectivity index (χ0n) is 5.28. The molecule has 0 spiro atoms. The molecule has 0 heterocycles. The summed E-state index contributed by atoms with van der Waals surface area (Å²) in [4.78, 5) is 0. The summed E-state index contributed by atoms with van der Waals surface area (Å²) in [6.07, 6.45) is 3.23. The average molecular weight is 112 g/mol. The predicted molar refractivity (Wildman–Crippen MR) is 37.1 cm³/mol. The smallest absolute Gasteiger partial charge is 0.106 e. The van der Waals surface area contributed by atoms with E-state index in [1.807, 2.05) is 6.08 Å². The lowest BCUT2D eigenvalue weighted by atomic mass is 10.5. The molecule has 0 unspecified atom stereocenters. The molecule has 0 saturated carbocycles. The third kappa shape index (κ3) is 6.27. The van der Waals surface area contributed by atoms with Gasteiger partial charge in [0.2, 0.25) is 0 Å². The van der Waals surface area contributed by atoms with Crippen molar-refractivity contribution in [3.63, 3.8) is 0 Å². The minimum Gasteiger partial charge on any atom is -0.106 e. The van der Waals surface area contributed by atoms with Crippen LogP contribution in [0, 0.1) is 0 Å². The first kappa shape index (κ1) is 7.27. The molecule has 0 atom stereocenters. The van der Waals surface area contributed by atoms with E-state index in [0.29, 0.717) is 0 Å². The molecule has 0 rings (SSSR count). The van der Waals surface area contributed by atoms with Crippen molar-refractivity contribution in [3.05, 3.63) is 12.7 Å². The Morgan fingerprint density at radius 3 is 2.29 bits per heavy atom. The molecule has 1 heteroatoms. The van der Waals surface area contributed by atoms with Crippen molar-refractivity contribution in [2.75, 3.05) is 0 Å². The summed E-state index contributed by atoms with van der Waals surface area (Å²) in [5.41, 5.74) is 0. The van der Waals surface area contributed by atoms with Crippen LogP contribution in [0.1, 0.15) is 6.42 Å². The monoisotopic (exact) mass is 112 g/mol. The van der Waals surface area contributed by atoms with Crippen molar-refractivity contribution >= 4 is 14.1 Å². The van der Waals surface area contributed by atoms with Crippen molar-refractivity contribution in [1.82, 2.24) is 0 Å². The van der Waals surface area contributed by atoms with Crippen LogP contribution in [0.5, 0.6) is 0 Å². The van der Waals surface area contributed by atoms with Gasteiger partial charge in [0.25, 0.3) is 14.1 Å². The molecular weight excluding hydrogens is 99.0 g/mol. The highest BCUT2D eigenvalue weighted by Crippen LogP contribution is 1.95. The number of rotatable bonds is 3. The van der Waals surface area contributed by atoms with E-state index in [4.69, 9.17) is 0 Å². The lowest BCUT2D eigenvalue weighted by Crippen LogP contribution is -1.95. The van der Waals surface area contributed by atoms with Gasteiger partial charge in [-0.2, -0.15) is 0 Å². The first-order valence-electron chi connectivity index (χ1n) is 2.88. The van der Waals surface area contributed by atoms with E-state index in [1.54, 1.807) is 0 Å². The topological polar surface area (TPSA) is 0 Å². The molecule has 0 bridgehead atoms. The standard InChI is InChI=1S/C4H7.2CH3.Al/c1-3-4-2;;;/h3H,1-2,4H2;2*1H3;. The van der Waals surface area contributed by atoms with Crippen LogP contribution >= 0.6 is 0 Å². The molecule has 0 nitrogen and oxygen atoms in total. The normalized spacial score (nSPS) is 8.29. The Bertz CT molecular complexity index is 48.1. The molecule has 0 radical (unpaired) electrons. The summed E-state index contributed by atoms with van der Waals surface area (Å²) >= 11 is -0.259. The molecule has 0 aromatic rings. The summed E-state index contributed by atoms with van der Waals surface area (Å²) in [7, 11) is 0. The number of hydrogen-bond acceptors (Lipinski definition) is 0. The molecule has 0 fully saturated rings. The predicted octanol–water partition coefficient (Wildman–Crippen LogP) is 2.32. The second kappa shape index (κ2) is 4.43. The van der Waals surface area contributed by atoms with E-state index in [2.05, 4.69) is 18.2 Å². The fourth-order valence-electron chi connectivity index (χ4n) is 0.451. The van der Waals surface area contributed by atoms with Gasteiger partial charge in [-0.1, -0.05) is 11.4 Å². The third-order valence-corrected chi connectivity index (χ3v) is 2.44. The quantitative estimate of drug-likeness (QED) is 0.388. The summed E-state index contributed by atoms with van der Waals surface area (Å²) < 4.78 is 0. The van der Waals surface area contributed by atoms with Crippen LogP contribution in [-0.2, 0) is 0 Å².